The molecule has 0 spiro atoms. The lowest BCUT2D eigenvalue weighted by Crippen LogP contribution is -2.41. The van der Waals surface area contributed by atoms with Crippen LogP contribution in [-0.2, 0) is 0 Å². The van der Waals surface area contributed by atoms with Crippen molar-refractivity contribution in [2.45, 2.75) is 58.9 Å². The lowest BCUT2D eigenvalue weighted by molar-refractivity contribution is 0.145. The summed E-state index contributed by atoms with van der Waals surface area (Å²) >= 11 is 0. The molecule has 2 heteroatoms. The predicted molar refractivity (Wildman–Crippen MR) is 74.3 cm³/mol. The summed E-state index contributed by atoms with van der Waals surface area (Å²) in [4.78, 5) is 2.80. The molecule has 100 valence electrons. The van der Waals surface area contributed by atoms with Crippen molar-refractivity contribution in [3.63, 3.8) is 0 Å². The smallest absolute Gasteiger partial charge is 0.00966 e. The lowest BCUT2D eigenvalue weighted by atomic mass is 9.83. The Balaban J connectivity index is 1.87. The van der Waals surface area contributed by atoms with Crippen LogP contribution in [0.3, 0.4) is 0 Å². The monoisotopic (exact) mass is 238 g/mol. The molecule has 0 amide bonds. The Kier molecular flexibility index (Phi) is 4.48. The van der Waals surface area contributed by atoms with Crippen molar-refractivity contribution >= 4 is 0 Å². The maximum Gasteiger partial charge on any atom is 0.00966 e. The van der Waals surface area contributed by atoms with Gasteiger partial charge in [-0.15, -0.1) is 0 Å². The first-order valence-corrected chi connectivity index (χ1v) is 7.60. The van der Waals surface area contributed by atoms with Gasteiger partial charge in [0.15, 0.2) is 0 Å². The molecule has 0 radical (unpaired) electrons. The van der Waals surface area contributed by atoms with Crippen LogP contribution in [0.4, 0.5) is 0 Å². The van der Waals surface area contributed by atoms with Crippen molar-refractivity contribution in [2.24, 2.45) is 11.3 Å². The predicted octanol–water partition coefficient (Wildman–Crippen LogP) is 2.89. The zero-order valence-electron chi connectivity index (χ0n) is 12.0. The SMILES string of the molecule is CCC1(CN(CCC(C)C)C2CC2)CCNC1. The van der Waals surface area contributed by atoms with Gasteiger partial charge in [-0.25, -0.2) is 0 Å². The molecule has 1 saturated heterocycles. The Hall–Kier alpha value is -0.0800. The van der Waals surface area contributed by atoms with Crippen molar-refractivity contribution in [1.82, 2.24) is 10.2 Å². The summed E-state index contributed by atoms with van der Waals surface area (Å²) < 4.78 is 0. The third-order valence-electron chi connectivity index (χ3n) is 4.68. The Labute approximate surface area is 107 Å². The van der Waals surface area contributed by atoms with Crippen LogP contribution in [0.1, 0.15) is 52.9 Å². The molecule has 2 nitrogen and oxygen atoms in total. The van der Waals surface area contributed by atoms with Gasteiger partial charge in [-0.2, -0.15) is 0 Å². The van der Waals surface area contributed by atoms with Gasteiger partial charge in [0, 0.05) is 19.1 Å². The standard InChI is InChI=1S/C15H30N2/c1-4-15(8-9-16-11-15)12-17(14-5-6-14)10-7-13(2)3/h13-14,16H,4-12H2,1-3H3. The molecular formula is C15H30N2. The quantitative estimate of drug-likeness (QED) is 0.733. The molecule has 0 aromatic carbocycles. The molecule has 1 aliphatic heterocycles. The second-order valence-electron chi connectivity index (χ2n) is 6.66. The van der Waals surface area contributed by atoms with Crippen LogP contribution >= 0.6 is 0 Å². The van der Waals surface area contributed by atoms with E-state index in [9.17, 15) is 0 Å². The molecule has 1 N–H and O–H groups in total. The highest BCUT2D eigenvalue weighted by atomic mass is 15.2. The normalized spacial score (nSPS) is 29.5. The Morgan fingerprint density at radius 3 is 2.59 bits per heavy atom. The largest absolute Gasteiger partial charge is 0.316 e. The molecule has 2 fully saturated rings. The van der Waals surface area contributed by atoms with Gasteiger partial charge < -0.3 is 5.32 Å². The van der Waals surface area contributed by atoms with Crippen molar-refractivity contribution in [3.8, 4) is 0 Å². The first kappa shape index (κ1) is 13.4. The van der Waals surface area contributed by atoms with Gasteiger partial charge in [0.2, 0.25) is 0 Å². The summed E-state index contributed by atoms with van der Waals surface area (Å²) in [5.74, 6) is 0.843. The van der Waals surface area contributed by atoms with E-state index in [1.807, 2.05) is 0 Å². The van der Waals surface area contributed by atoms with E-state index >= 15 is 0 Å². The highest BCUT2D eigenvalue weighted by Crippen LogP contribution is 2.35. The molecule has 1 aliphatic carbocycles. The fourth-order valence-corrected chi connectivity index (χ4v) is 3.03. The van der Waals surface area contributed by atoms with Gasteiger partial charge in [-0.1, -0.05) is 20.8 Å². The fourth-order valence-electron chi connectivity index (χ4n) is 3.03. The zero-order chi connectivity index (χ0) is 12.3. The molecule has 1 atom stereocenters. The molecular weight excluding hydrogens is 208 g/mol. The minimum absolute atomic E-state index is 0.583. The van der Waals surface area contributed by atoms with E-state index in [-0.39, 0.29) is 0 Å². The van der Waals surface area contributed by atoms with Crippen LogP contribution < -0.4 is 5.32 Å². The Morgan fingerprint density at radius 2 is 2.12 bits per heavy atom. The Bertz CT molecular complexity index is 227. The van der Waals surface area contributed by atoms with Gasteiger partial charge in [-0.05, 0) is 56.5 Å². The fraction of sp³-hybridized carbons (Fsp3) is 1.00. The van der Waals surface area contributed by atoms with Gasteiger partial charge in [0.05, 0.1) is 0 Å². The number of nitrogens with one attached hydrogen (secondary N) is 1. The second-order valence-corrected chi connectivity index (χ2v) is 6.66. The molecule has 1 unspecified atom stereocenters. The molecule has 0 aromatic heterocycles. The van der Waals surface area contributed by atoms with Crippen molar-refractivity contribution in [3.05, 3.63) is 0 Å². The third kappa shape index (κ3) is 3.69. The van der Waals surface area contributed by atoms with Crippen LogP contribution in [0.15, 0.2) is 0 Å². The summed E-state index contributed by atoms with van der Waals surface area (Å²) in [5.41, 5.74) is 0.583. The molecule has 0 aromatic rings. The van der Waals surface area contributed by atoms with E-state index in [0.717, 1.165) is 12.0 Å². The highest BCUT2D eigenvalue weighted by molar-refractivity contribution is 4.94. The van der Waals surface area contributed by atoms with Gasteiger partial charge in [0.1, 0.15) is 0 Å². The molecule has 1 heterocycles. The van der Waals surface area contributed by atoms with Crippen LogP contribution in [-0.4, -0.2) is 37.1 Å². The van der Waals surface area contributed by atoms with Crippen molar-refractivity contribution < 1.29 is 0 Å². The van der Waals surface area contributed by atoms with Crippen LogP contribution in [0.5, 0.6) is 0 Å². The summed E-state index contributed by atoms with van der Waals surface area (Å²) in [7, 11) is 0. The topological polar surface area (TPSA) is 15.3 Å². The number of hydrogen-bond acceptors (Lipinski definition) is 2. The number of hydrogen-bond donors (Lipinski definition) is 1. The van der Waals surface area contributed by atoms with Crippen LogP contribution in [0.2, 0.25) is 0 Å². The average molecular weight is 238 g/mol. The third-order valence-corrected chi connectivity index (χ3v) is 4.68. The van der Waals surface area contributed by atoms with Crippen LogP contribution in [0, 0.1) is 11.3 Å². The average Bonchev–Trinajstić information content (AvgIpc) is 3.05. The van der Waals surface area contributed by atoms with Gasteiger partial charge >= 0.3 is 0 Å². The van der Waals surface area contributed by atoms with E-state index in [4.69, 9.17) is 0 Å². The summed E-state index contributed by atoms with van der Waals surface area (Å²) in [6.07, 6.45) is 6.99. The van der Waals surface area contributed by atoms with E-state index < -0.39 is 0 Å². The number of nitrogens with zero attached hydrogens (tertiary/aromatic N) is 1. The summed E-state index contributed by atoms with van der Waals surface area (Å²) in [5, 5.41) is 3.57. The molecule has 0 bridgehead atoms. The van der Waals surface area contributed by atoms with Gasteiger partial charge in [-0.3, -0.25) is 4.90 Å². The molecule has 2 aliphatic rings. The molecule has 1 saturated carbocycles. The Morgan fingerprint density at radius 1 is 1.35 bits per heavy atom. The number of rotatable bonds is 7. The van der Waals surface area contributed by atoms with E-state index in [2.05, 4.69) is 31.0 Å². The minimum Gasteiger partial charge on any atom is -0.316 e. The summed E-state index contributed by atoms with van der Waals surface area (Å²) in [6, 6.07) is 0.928. The van der Waals surface area contributed by atoms with Crippen molar-refractivity contribution in [1.29, 1.82) is 0 Å². The van der Waals surface area contributed by atoms with E-state index in [1.165, 1.54) is 58.3 Å². The van der Waals surface area contributed by atoms with Gasteiger partial charge in [0.25, 0.3) is 0 Å². The first-order chi connectivity index (χ1) is 8.15. The molecule has 17 heavy (non-hydrogen) atoms. The van der Waals surface area contributed by atoms with E-state index in [1.54, 1.807) is 0 Å². The van der Waals surface area contributed by atoms with Crippen molar-refractivity contribution in [2.75, 3.05) is 26.2 Å². The second kappa shape index (κ2) is 5.71. The van der Waals surface area contributed by atoms with E-state index in [0.29, 0.717) is 5.41 Å². The lowest BCUT2D eigenvalue weighted by Gasteiger charge is -2.34. The maximum absolute atomic E-state index is 3.57. The summed E-state index contributed by atoms with van der Waals surface area (Å²) in [6.45, 7) is 12.2. The highest BCUT2D eigenvalue weighted by Gasteiger charge is 2.38. The first-order valence-electron chi connectivity index (χ1n) is 7.60. The minimum atomic E-state index is 0.583. The van der Waals surface area contributed by atoms with Crippen LogP contribution in [0.25, 0.3) is 0 Å². The maximum atomic E-state index is 3.57. The zero-order valence-corrected chi connectivity index (χ0v) is 12.0. The molecule has 2 rings (SSSR count).